The highest BCUT2D eigenvalue weighted by molar-refractivity contribution is 9.10. The van der Waals surface area contributed by atoms with E-state index in [0.29, 0.717) is 18.7 Å². The van der Waals surface area contributed by atoms with Crippen LogP contribution in [0.3, 0.4) is 0 Å². The van der Waals surface area contributed by atoms with Crippen molar-refractivity contribution in [1.29, 1.82) is 0 Å². The Labute approximate surface area is 172 Å². The average molecular weight is 444 g/mol. The third-order valence-corrected chi connectivity index (χ3v) is 4.75. The van der Waals surface area contributed by atoms with Gasteiger partial charge < -0.3 is 4.74 Å². The van der Waals surface area contributed by atoms with Crippen LogP contribution in [0.1, 0.15) is 31.9 Å². The molecule has 0 spiro atoms. The SMILES string of the molecule is CCCOC(=O)NC1=CC(Cc2nn(-c3ccc(Br)cc3)ccc2=O)=CCC1. The highest BCUT2D eigenvalue weighted by Crippen LogP contribution is 2.18. The summed E-state index contributed by atoms with van der Waals surface area (Å²) in [6.07, 6.45) is 7.91. The van der Waals surface area contributed by atoms with E-state index in [0.717, 1.165) is 40.7 Å². The van der Waals surface area contributed by atoms with Crippen LogP contribution in [-0.2, 0) is 11.2 Å². The summed E-state index contributed by atoms with van der Waals surface area (Å²) in [5.74, 6) is 0. The summed E-state index contributed by atoms with van der Waals surface area (Å²) in [5.41, 5.74) is 2.98. The molecule has 1 aliphatic rings. The number of nitrogens with zero attached hydrogens (tertiary/aromatic N) is 2. The minimum atomic E-state index is -0.440. The van der Waals surface area contributed by atoms with Crippen LogP contribution in [0.2, 0.25) is 0 Å². The maximum atomic E-state index is 12.3. The van der Waals surface area contributed by atoms with Crippen LogP contribution in [0.15, 0.2) is 69.2 Å². The minimum Gasteiger partial charge on any atom is -0.449 e. The Hall–Kier alpha value is -2.67. The number of amides is 1. The van der Waals surface area contributed by atoms with Gasteiger partial charge in [-0.15, -0.1) is 0 Å². The first kappa shape index (κ1) is 20.1. The first-order chi connectivity index (χ1) is 13.5. The van der Waals surface area contributed by atoms with E-state index in [1.807, 2.05) is 37.3 Å². The lowest BCUT2D eigenvalue weighted by Gasteiger charge is -2.15. The summed E-state index contributed by atoms with van der Waals surface area (Å²) >= 11 is 3.41. The van der Waals surface area contributed by atoms with E-state index in [2.05, 4.69) is 32.4 Å². The third-order valence-electron chi connectivity index (χ3n) is 4.22. The summed E-state index contributed by atoms with van der Waals surface area (Å²) in [5, 5.41) is 7.28. The molecule has 1 amide bonds. The molecule has 2 aromatic rings. The number of carbonyl (C=O) groups excluding carboxylic acids is 1. The van der Waals surface area contributed by atoms with Crippen molar-refractivity contribution in [3.8, 4) is 5.69 Å². The standard InChI is InChI=1S/C21H22BrN3O3/c1-2-12-28-21(27)23-17-5-3-4-15(13-17)14-19-20(26)10-11-25(24-19)18-8-6-16(22)7-9-18/h4,6-11,13H,2-3,5,12,14H2,1H3,(H,23,27). The maximum Gasteiger partial charge on any atom is 0.411 e. The Kier molecular flexibility index (Phi) is 6.81. The number of allylic oxidation sites excluding steroid dienone is 4. The van der Waals surface area contributed by atoms with Crippen molar-refractivity contribution >= 4 is 22.0 Å². The monoisotopic (exact) mass is 443 g/mol. The van der Waals surface area contributed by atoms with Crippen LogP contribution >= 0.6 is 15.9 Å². The highest BCUT2D eigenvalue weighted by atomic mass is 79.9. The molecule has 28 heavy (non-hydrogen) atoms. The highest BCUT2D eigenvalue weighted by Gasteiger charge is 2.12. The molecule has 0 aliphatic heterocycles. The molecule has 0 atom stereocenters. The second kappa shape index (κ2) is 9.50. The number of halogens is 1. The van der Waals surface area contributed by atoms with Crippen molar-refractivity contribution < 1.29 is 9.53 Å². The van der Waals surface area contributed by atoms with Crippen LogP contribution in [0.4, 0.5) is 4.79 Å². The lowest BCUT2D eigenvalue weighted by atomic mass is 10.00. The van der Waals surface area contributed by atoms with E-state index in [1.54, 1.807) is 10.9 Å². The topological polar surface area (TPSA) is 73.2 Å². The number of hydrogen-bond acceptors (Lipinski definition) is 4. The van der Waals surface area contributed by atoms with Crippen LogP contribution in [0.25, 0.3) is 5.69 Å². The van der Waals surface area contributed by atoms with Gasteiger partial charge in [0.1, 0.15) is 5.69 Å². The second-order valence-electron chi connectivity index (χ2n) is 6.47. The van der Waals surface area contributed by atoms with Crippen LogP contribution in [0, 0.1) is 0 Å². The Morgan fingerprint density at radius 2 is 2.07 bits per heavy atom. The molecule has 146 valence electrons. The molecule has 0 unspecified atom stereocenters. The predicted molar refractivity (Wildman–Crippen MR) is 111 cm³/mol. The molecule has 7 heteroatoms. The first-order valence-corrected chi connectivity index (χ1v) is 10.0. The molecule has 1 aliphatic carbocycles. The predicted octanol–water partition coefficient (Wildman–Crippen LogP) is 4.28. The van der Waals surface area contributed by atoms with E-state index in [1.165, 1.54) is 6.07 Å². The zero-order chi connectivity index (χ0) is 19.9. The van der Waals surface area contributed by atoms with Crippen molar-refractivity contribution in [3.63, 3.8) is 0 Å². The van der Waals surface area contributed by atoms with Gasteiger partial charge >= 0.3 is 6.09 Å². The number of hydrogen-bond donors (Lipinski definition) is 1. The lowest BCUT2D eigenvalue weighted by Crippen LogP contribution is -2.25. The van der Waals surface area contributed by atoms with Gasteiger partial charge in [-0.3, -0.25) is 10.1 Å². The fourth-order valence-electron chi connectivity index (χ4n) is 2.85. The number of nitrogens with one attached hydrogen (secondary N) is 1. The van der Waals surface area contributed by atoms with Crippen LogP contribution in [-0.4, -0.2) is 22.5 Å². The van der Waals surface area contributed by atoms with E-state index >= 15 is 0 Å². The largest absolute Gasteiger partial charge is 0.449 e. The molecule has 1 aromatic heterocycles. The van der Waals surface area contributed by atoms with Crippen LogP contribution in [0.5, 0.6) is 0 Å². The van der Waals surface area contributed by atoms with E-state index in [-0.39, 0.29) is 5.43 Å². The molecular formula is C21H22BrN3O3. The van der Waals surface area contributed by atoms with Gasteiger partial charge in [-0.2, -0.15) is 5.10 Å². The van der Waals surface area contributed by atoms with Crippen molar-refractivity contribution in [2.45, 2.75) is 32.6 Å². The third kappa shape index (κ3) is 5.42. The van der Waals surface area contributed by atoms with Crippen LogP contribution < -0.4 is 10.7 Å². The summed E-state index contributed by atoms with van der Waals surface area (Å²) in [4.78, 5) is 24.0. The Morgan fingerprint density at radius 3 is 2.82 bits per heavy atom. The molecule has 0 bridgehead atoms. The Balaban J connectivity index is 1.74. The maximum absolute atomic E-state index is 12.3. The summed E-state index contributed by atoms with van der Waals surface area (Å²) in [6, 6.07) is 9.23. The van der Waals surface area contributed by atoms with E-state index in [9.17, 15) is 9.59 Å². The summed E-state index contributed by atoms with van der Waals surface area (Å²) < 4.78 is 7.73. The number of rotatable bonds is 6. The Morgan fingerprint density at radius 1 is 1.29 bits per heavy atom. The van der Waals surface area contributed by atoms with Gasteiger partial charge in [0.05, 0.1) is 12.3 Å². The fourth-order valence-corrected chi connectivity index (χ4v) is 3.12. The van der Waals surface area contributed by atoms with Gasteiger partial charge in [-0.25, -0.2) is 9.48 Å². The van der Waals surface area contributed by atoms with Gasteiger partial charge in [-0.1, -0.05) is 28.9 Å². The zero-order valence-corrected chi connectivity index (χ0v) is 17.2. The van der Waals surface area contributed by atoms with E-state index < -0.39 is 6.09 Å². The van der Waals surface area contributed by atoms with Gasteiger partial charge in [0.15, 0.2) is 0 Å². The Bertz CT molecular complexity index is 962. The molecular weight excluding hydrogens is 422 g/mol. The molecule has 1 N–H and O–H groups in total. The zero-order valence-electron chi connectivity index (χ0n) is 15.7. The smallest absolute Gasteiger partial charge is 0.411 e. The number of benzene rings is 1. The molecule has 0 saturated heterocycles. The number of aromatic nitrogens is 2. The van der Waals surface area contributed by atoms with E-state index in [4.69, 9.17) is 4.74 Å². The van der Waals surface area contributed by atoms with Crippen molar-refractivity contribution in [1.82, 2.24) is 15.1 Å². The van der Waals surface area contributed by atoms with Crippen molar-refractivity contribution in [3.05, 3.63) is 80.3 Å². The molecule has 3 rings (SSSR count). The van der Waals surface area contributed by atoms with Crippen molar-refractivity contribution in [2.24, 2.45) is 0 Å². The molecule has 0 fully saturated rings. The van der Waals surface area contributed by atoms with Gasteiger partial charge in [-0.05, 0) is 55.2 Å². The normalized spacial score (nSPS) is 13.5. The quantitative estimate of drug-likeness (QED) is 0.722. The molecule has 6 nitrogen and oxygen atoms in total. The van der Waals surface area contributed by atoms with Gasteiger partial charge in [0.2, 0.25) is 5.43 Å². The van der Waals surface area contributed by atoms with Gasteiger partial charge in [0.25, 0.3) is 0 Å². The molecule has 0 radical (unpaired) electrons. The minimum absolute atomic E-state index is 0.106. The lowest BCUT2D eigenvalue weighted by molar-refractivity contribution is 0.149. The second-order valence-corrected chi connectivity index (χ2v) is 7.39. The number of ether oxygens (including phenoxy) is 1. The molecule has 1 aromatic carbocycles. The number of alkyl carbamates (subject to hydrolysis) is 1. The van der Waals surface area contributed by atoms with Gasteiger partial charge in [0, 0.05) is 28.9 Å². The average Bonchev–Trinajstić information content (AvgIpc) is 2.69. The summed E-state index contributed by atoms with van der Waals surface area (Å²) in [7, 11) is 0. The number of carbonyl (C=O) groups is 1. The van der Waals surface area contributed by atoms with Crippen molar-refractivity contribution in [2.75, 3.05) is 6.61 Å². The summed E-state index contributed by atoms with van der Waals surface area (Å²) in [6.45, 7) is 2.34. The first-order valence-electron chi connectivity index (χ1n) is 9.23. The molecule has 0 saturated carbocycles. The fraction of sp³-hybridized carbons (Fsp3) is 0.286. The molecule has 1 heterocycles.